The number of aryl methyl sites for hydroxylation is 1. The molecule has 0 fully saturated rings. The van der Waals surface area contributed by atoms with Crippen molar-refractivity contribution in [1.82, 2.24) is 0 Å². The molecule has 0 spiro atoms. The van der Waals surface area contributed by atoms with Gasteiger partial charge >= 0.3 is 0 Å². The fourth-order valence-corrected chi connectivity index (χ4v) is 2.22. The van der Waals surface area contributed by atoms with Crippen molar-refractivity contribution in [2.24, 2.45) is 0 Å². The summed E-state index contributed by atoms with van der Waals surface area (Å²) < 4.78 is 13.5. The molecule has 2 aromatic rings. The Kier molecular flexibility index (Phi) is 4.00. The molecule has 0 aliphatic rings. The molecule has 1 N–H and O–H groups in total. The van der Waals surface area contributed by atoms with Crippen LogP contribution in [0.5, 0.6) is 0 Å². The van der Waals surface area contributed by atoms with Crippen molar-refractivity contribution in [3.63, 3.8) is 0 Å². The molecule has 2 rings (SSSR count). The molecule has 0 aliphatic carbocycles. The summed E-state index contributed by atoms with van der Waals surface area (Å²) in [5.41, 5.74) is 2.20. The summed E-state index contributed by atoms with van der Waals surface area (Å²) in [5.74, 6) is -0.289. The van der Waals surface area contributed by atoms with Crippen molar-refractivity contribution in [1.29, 1.82) is 0 Å². The van der Waals surface area contributed by atoms with Gasteiger partial charge in [-0.25, -0.2) is 4.39 Å². The molecule has 1 unspecified atom stereocenters. The minimum Gasteiger partial charge on any atom is -0.388 e. The lowest BCUT2D eigenvalue weighted by Crippen LogP contribution is -2.05. The largest absolute Gasteiger partial charge is 0.388 e. The standard InChI is InChI=1S/C15H14ClFO/c1-10-8-12(16)6-7-13(10)15(18)9-11-4-2-3-5-14(11)17/h2-8,15,18H,9H2,1H3. The molecule has 0 heterocycles. The van der Waals surface area contributed by atoms with Crippen molar-refractivity contribution in [2.75, 3.05) is 0 Å². The van der Waals surface area contributed by atoms with Crippen molar-refractivity contribution in [2.45, 2.75) is 19.4 Å². The second-order valence-corrected chi connectivity index (χ2v) is 4.75. The van der Waals surface area contributed by atoms with Gasteiger partial charge in [-0.2, -0.15) is 0 Å². The minimum atomic E-state index is -0.723. The maximum atomic E-state index is 13.5. The summed E-state index contributed by atoms with van der Waals surface area (Å²) in [7, 11) is 0. The summed E-state index contributed by atoms with van der Waals surface area (Å²) in [5, 5.41) is 10.8. The molecule has 0 radical (unpaired) electrons. The smallest absolute Gasteiger partial charge is 0.126 e. The molecule has 1 atom stereocenters. The van der Waals surface area contributed by atoms with E-state index in [1.165, 1.54) is 6.07 Å². The van der Waals surface area contributed by atoms with Crippen LogP contribution < -0.4 is 0 Å². The van der Waals surface area contributed by atoms with E-state index in [1.54, 1.807) is 36.4 Å². The van der Waals surface area contributed by atoms with Crippen molar-refractivity contribution < 1.29 is 9.50 Å². The molecular weight excluding hydrogens is 251 g/mol. The van der Waals surface area contributed by atoms with Gasteiger partial charge in [0, 0.05) is 11.4 Å². The highest BCUT2D eigenvalue weighted by Crippen LogP contribution is 2.25. The summed E-state index contributed by atoms with van der Waals surface area (Å²) in [6, 6.07) is 11.8. The van der Waals surface area contributed by atoms with E-state index in [-0.39, 0.29) is 12.2 Å². The number of aliphatic hydroxyl groups is 1. The van der Waals surface area contributed by atoms with Gasteiger partial charge in [-0.1, -0.05) is 35.9 Å². The SMILES string of the molecule is Cc1cc(Cl)ccc1C(O)Cc1ccccc1F. The molecule has 0 bridgehead atoms. The molecular formula is C15H14ClFO. The van der Waals surface area contributed by atoms with Crippen molar-refractivity contribution >= 4 is 11.6 Å². The van der Waals surface area contributed by atoms with E-state index < -0.39 is 6.10 Å². The minimum absolute atomic E-state index is 0.259. The van der Waals surface area contributed by atoms with Crippen molar-refractivity contribution in [3.8, 4) is 0 Å². The highest BCUT2D eigenvalue weighted by molar-refractivity contribution is 6.30. The maximum absolute atomic E-state index is 13.5. The van der Waals surface area contributed by atoms with Gasteiger partial charge in [0.25, 0.3) is 0 Å². The zero-order chi connectivity index (χ0) is 13.1. The van der Waals surface area contributed by atoms with Crippen LogP contribution >= 0.6 is 11.6 Å². The van der Waals surface area contributed by atoms with E-state index >= 15 is 0 Å². The van der Waals surface area contributed by atoms with Gasteiger partial charge in [-0.05, 0) is 41.8 Å². The van der Waals surface area contributed by atoms with E-state index in [0.29, 0.717) is 10.6 Å². The fraction of sp³-hybridized carbons (Fsp3) is 0.200. The Morgan fingerprint density at radius 1 is 1.22 bits per heavy atom. The molecule has 0 saturated heterocycles. The second-order valence-electron chi connectivity index (χ2n) is 4.31. The summed E-state index contributed by atoms with van der Waals surface area (Å²) in [4.78, 5) is 0. The zero-order valence-electron chi connectivity index (χ0n) is 10.0. The first-order chi connectivity index (χ1) is 8.58. The quantitative estimate of drug-likeness (QED) is 0.886. The van der Waals surface area contributed by atoms with E-state index in [4.69, 9.17) is 11.6 Å². The van der Waals surface area contributed by atoms with Crippen LogP contribution in [0.2, 0.25) is 5.02 Å². The number of benzene rings is 2. The normalized spacial score (nSPS) is 12.4. The Bertz CT molecular complexity index is 554. The third kappa shape index (κ3) is 2.89. The van der Waals surface area contributed by atoms with Crippen LogP contribution in [0.3, 0.4) is 0 Å². The number of rotatable bonds is 3. The molecule has 18 heavy (non-hydrogen) atoms. The number of halogens is 2. The Labute approximate surface area is 111 Å². The van der Waals surface area contributed by atoms with Gasteiger partial charge in [-0.15, -0.1) is 0 Å². The molecule has 2 aromatic carbocycles. The predicted octanol–water partition coefficient (Wildman–Crippen LogP) is 4.06. The molecule has 0 aliphatic heterocycles. The zero-order valence-corrected chi connectivity index (χ0v) is 10.8. The summed E-state index contributed by atoms with van der Waals surface area (Å²) >= 11 is 5.87. The van der Waals surface area contributed by atoms with Crippen LogP contribution in [0.1, 0.15) is 22.8 Å². The number of hydrogen-bond acceptors (Lipinski definition) is 1. The van der Waals surface area contributed by atoms with E-state index in [0.717, 1.165) is 11.1 Å². The van der Waals surface area contributed by atoms with Crippen LogP contribution in [-0.2, 0) is 6.42 Å². The fourth-order valence-electron chi connectivity index (χ4n) is 2.00. The highest BCUT2D eigenvalue weighted by atomic mass is 35.5. The van der Waals surface area contributed by atoms with Gasteiger partial charge < -0.3 is 5.11 Å². The third-order valence-corrected chi connectivity index (χ3v) is 3.20. The monoisotopic (exact) mass is 264 g/mol. The lowest BCUT2D eigenvalue weighted by atomic mass is 9.97. The lowest BCUT2D eigenvalue weighted by molar-refractivity contribution is 0.176. The summed E-state index contributed by atoms with van der Waals surface area (Å²) in [6.07, 6.45) is -0.464. The first-order valence-corrected chi connectivity index (χ1v) is 6.13. The van der Waals surface area contributed by atoms with Gasteiger partial charge in [-0.3, -0.25) is 0 Å². The average molecular weight is 265 g/mol. The molecule has 0 aromatic heterocycles. The average Bonchev–Trinajstić information content (AvgIpc) is 2.32. The van der Waals surface area contributed by atoms with E-state index in [2.05, 4.69) is 0 Å². The third-order valence-electron chi connectivity index (χ3n) is 2.96. The Morgan fingerprint density at radius 2 is 1.94 bits per heavy atom. The van der Waals surface area contributed by atoms with E-state index in [9.17, 15) is 9.50 Å². The number of aliphatic hydroxyl groups excluding tert-OH is 1. The first kappa shape index (κ1) is 13.1. The topological polar surface area (TPSA) is 20.2 Å². The molecule has 0 saturated carbocycles. The Morgan fingerprint density at radius 3 is 2.61 bits per heavy atom. The van der Waals surface area contributed by atoms with Gasteiger partial charge in [0.2, 0.25) is 0 Å². The maximum Gasteiger partial charge on any atom is 0.126 e. The second kappa shape index (κ2) is 5.51. The highest BCUT2D eigenvalue weighted by Gasteiger charge is 2.13. The Balaban J connectivity index is 2.22. The van der Waals surface area contributed by atoms with Gasteiger partial charge in [0.1, 0.15) is 5.82 Å². The molecule has 94 valence electrons. The first-order valence-electron chi connectivity index (χ1n) is 5.75. The van der Waals surface area contributed by atoms with Gasteiger partial charge in [0.15, 0.2) is 0 Å². The van der Waals surface area contributed by atoms with Crippen LogP contribution in [0.25, 0.3) is 0 Å². The van der Waals surface area contributed by atoms with Crippen LogP contribution in [-0.4, -0.2) is 5.11 Å². The number of hydrogen-bond donors (Lipinski definition) is 1. The van der Waals surface area contributed by atoms with Crippen LogP contribution in [0, 0.1) is 12.7 Å². The molecule has 3 heteroatoms. The summed E-state index contributed by atoms with van der Waals surface area (Å²) in [6.45, 7) is 1.88. The van der Waals surface area contributed by atoms with Crippen LogP contribution in [0.15, 0.2) is 42.5 Å². The predicted molar refractivity (Wildman–Crippen MR) is 71.3 cm³/mol. The lowest BCUT2D eigenvalue weighted by Gasteiger charge is -2.14. The van der Waals surface area contributed by atoms with E-state index in [1.807, 2.05) is 6.92 Å². The van der Waals surface area contributed by atoms with Crippen LogP contribution in [0.4, 0.5) is 4.39 Å². The van der Waals surface area contributed by atoms with Gasteiger partial charge in [0.05, 0.1) is 6.10 Å². The van der Waals surface area contributed by atoms with Crippen molar-refractivity contribution in [3.05, 3.63) is 70.0 Å². The Hall–Kier alpha value is -1.38. The molecule has 1 nitrogen and oxygen atoms in total. The molecule has 0 amide bonds.